The second-order valence-electron chi connectivity index (χ2n) is 9.90. The van der Waals surface area contributed by atoms with Gasteiger partial charge in [0, 0.05) is 16.0 Å². The van der Waals surface area contributed by atoms with Crippen LogP contribution >= 0.6 is 23.1 Å². The first-order valence-electron chi connectivity index (χ1n) is 11.6. The molecule has 2 bridgehead atoms. The smallest absolute Gasteiger partial charge is 0.305 e. The van der Waals surface area contributed by atoms with E-state index in [-0.39, 0.29) is 63.2 Å². The Balaban J connectivity index is 1.32. The molecule has 3 aromatic rings. The molecule has 0 unspecified atom stereocenters. The van der Waals surface area contributed by atoms with Gasteiger partial charge in [-0.2, -0.15) is 0 Å². The van der Waals surface area contributed by atoms with E-state index in [0.717, 1.165) is 27.5 Å². The molecule has 2 saturated carbocycles. The van der Waals surface area contributed by atoms with E-state index in [1.54, 1.807) is 23.9 Å². The van der Waals surface area contributed by atoms with Gasteiger partial charge in [0.2, 0.25) is 11.8 Å². The number of aromatic amines is 1. The fraction of sp³-hybridized carbons (Fsp3) is 0.346. The molecule has 6 nitrogen and oxygen atoms in total. The molecule has 2 amide bonds. The first kappa shape index (κ1) is 20.5. The number of carbonyl (C=O) groups excluding carboxylic acids is 2. The number of nitrogens with one attached hydrogen (secondary N) is 1. The highest BCUT2D eigenvalue weighted by Crippen LogP contribution is 2.68. The quantitative estimate of drug-likeness (QED) is 0.527. The Morgan fingerprint density at radius 2 is 1.62 bits per heavy atom. The van der Waals surface area contributed by atoms with Crippen molar-refractivity contribution in [2.75, 3.05) is 4.90 Å². The highest BCUT2D eigenvalue weighted by atomic mass is 32.2. The predicted octanol–water partition coefficient (Wildman–Crippen LogP) is 4.13. The van der Waals surface area contributed by atoms with Crippen molar-refractivity contribution < 1.29 is 14.7 Å². The first-order chi connectivity index (χ1) is 16.4. The molecular formula is C26H22N2O4S2. The van der Waals surface area contributed by atoms with Crippen molar-refractivity contribution in [2.45, 2.75) is 29.5 Å². The number of imide groups is 1. The predicted molar refractivity (Wildman–Crippen MR) is 130 cm³/mol. The van der Waals surface area contributed by atoms with Crippen LogP contribution in [0.25, 0.3) is 0 Å². The Bertz CT molecular complexity index is 1390. The van der Waals surface area contributed by atoms with Gasteiger partial charge in [-0.25, -0.2) is 0 Å². The van der Waals surface area contributed by atoms with Gasteiger partial charge in [-0.3, -0.25) is 19.3 Å². The van der Waals surface area contributed by atoms with Crippen LogP contribution in [-0.2, 0) is 9.59 Å². The second-order valence-corrected chi connectivity index (χ2v) is 12.1. The zero-order valence-electron chi connectivity index (χ0n) is 18.3. The monoisotopic (exact) mass is 490 g/mol. The standard InChI is InChI=1S/C26H22N2O4S2/c1-11-2-6-13(7-3-11)28-24(30)19-15-10-16(20(19)25(28)31)21-18(15)17(12-4-8-14(29)9-5-12)22-23(33-21)27-26(32)34-22/h2-9,15-21,29H,10H2,1H3,(H,27,32)/t15-,16-,17+,18-,19+,20-,21-/m1/s1. The number of phenolic OH excluding ortho intramolecular Hbond substituents is 1. The van der Waals surface area contributed by atoms with E-state index in [4.69, 9.17) is 0 Å². The van der Waals surface area contributed by atoms with Crippen LogP contribution in [-0.4, -0.2) is 27.2 Å². The molecule has 1 saturated heterocycles. The van der Waals surface area contributed by atoms with Gasteiger partial charge in [0.15, 0.2) is 0 Å². The number of phenols is 1. The molecule has 1 aromatic heterocycles. The third-order valence-electron chi connectivity index (χ3n) is 8.27. The molecular weight excluding hydrogens is 468 g/mol. The van der Waals surface area contributed by atoms with Gasteiger partial charge in [0.1, 0.15) is 5.75 Å². The summed E-state index contributed by atoms with van der Waals surface area (Å²) in [7, 11) is 0. The highest BCUT2D eigenvalue weighted by Gasteiger charge is 2.69. The molecule has 2 N–H and O–H groups in total. The number of carbonyl (C=O) groups is 2. The van der Waals surface area contributed by atoms with Crippen LogP contribution in [0.1, 0.15) is 28.3 Å². The average Bonchev–Trinajstić information content (AvgIpc) is 3.54. The SMILES string of the molecule is Cc1ccc(N2C(=O)[C@@H]3[C@H]4C[C@@H]([C@@H]3C2=O)[C@@H]2[C@H](c3ccc(O)cc3)c3sc(=O)[nH]c3S[C@H]42)cc1. The number of hydrogen-bond acceptors (Lipinski definition) is 6. The van der Waals surface area contributed by atoms with Crippen LogP contribution in [0.4, 0.5) is 5.69 Å². The summed E-state index contributed by atoms with van der Waals surface area (Å²) in [6.45, 7) is 1.99. The number of hydrogen-bond donors (Lipinski definition) is 2. The van der Waals surface area contributed by atoms with Crippen LogP contribution in [0, 0.1) is 36.5 Å². The summed E-state index contributed by atoms with van der Waals surface area (Å²) >= 11 is 2.93. The molecule has 8 heteroatoms. The van der Waals surface area contributed by atoms with Crippen molar-refractivity contribution in [3.8, 4) is 5.75 Å². The number of aromatic nitrogens is 1. The number of benzene rings is 2. The van der Waals surface area contributed by atoms with Gasteiger partial charge in [-0.1, -0.05) is 41.2 Å². The second kappa shape index (κ2) is 7.09. The summed E-state index contributed by atoms with van der Waals surface area (Å²) < 4.78 is 0. The fourth-order valence-electron chi connectivity index (χ4n) is 7.02. The molecule has 2 aliphatic carbocycles. The van der Waals surface area contributed by atoms with E-state index in [1.165, 1.54) is 16.2 Å². The van der Waals surface area contributed by atoms with Crippen molar-refractivity contribution in [1.29, 1.82) is 0 Å². The minimum atomic E-state index is -0.308. The largest absolute Gasteiger partial charge is 0.508 e. The number of aryl methyl sites for hydroxylation is 1. The van der Waals surface area contributed by atoms with Crippen molar-refractivity contribution in [3.05, 3.63) is 74.2 Å². The molecule has 4 aliphatic rings. The molecule has 3 heterocycles. The number of nitrogens with zero attached hydrogens (tertiary/aromatic N) is 1. The third kappa shape index (κ3) is 2.66. The van der Waals surface area contributed by atoms with Crippen LogP contribution < -0.4 is 9.77 Å². The van der Waals surface area contributed by atoms with Crippen molar-refractivity contribution >= 4 is 40.6 Å². The van der Waals surface area contributed by atoms with E-state index in [1.807, 2.05) is 43.3 Å². The highest BCUT2D eigenvalue weighted by molar-refractivity contribution is 8.00. The maximum atomic E-state index is 13.7. The van der Waals surface area contributed by atoms with E-state index in [0.29, 0.717) is 5.69 Å². The number of thiazole rings is 1. The lowest BCUT2D eigenvalue weighted by Crippen LogP contribution is -2.42. The van der Waals surface area contributed by atoms with Crippen LogP contribution in [0.3, 0.4) is 0 Å². The zero-order chi connectivity index (χ0) is 23.3. The zero-order valence-corrected chi connectivity index (χ0v) is 19.9. The minimum Gasteiger partial charge on any atom is -0.508 e. The molecule has 7 rings (SSSR count). The van der Waals surface area contributed by atoms with E-state index < -0.39 is 0 Å². The number of thioether (sulfide) groups is 1. The van der Waals surface area contributed by atoms with Crippen LogP contribution in [0.15, 0.2) is 58.4 Å². The first-order valence-corrected chi connectivity index (χ1v) is 13.2. The van der Waals surface area contributed by atoms with Crippen molar-refractivity contribution in [3.63, 3.8) is 0 Å². The lowest BCUT2D eigenvalue weighted by atomic mass is 9.68. The van der Waals surface area contributed by atoms with Gasteiger partial charge in [-0.05, 0) is 60.9 Å². The van der Waals surface area contributed by atoms with Gasteiger partial charge in [-0.15, -0.1) is 11.8 Å². The molecule has 2 aromatic carbocycles. The normalized spacial score (nSPS) is 33.2. The molecule has 3 fully saturated rings. The van der Waals surface area contributed by atoms with Gasteiger partial charge >= 0.3 is 4.87 Å². The number of aromatic hydroxyl groups is 1. The number of amides is 2. The number of fused-ring (bicyclic) bond motifs is 9. The summed E-state index contributed by atoms with van der Waals surface area (Å²) in [6, 6.07) is 14.8. The summed E-state index contributed by atoms with van der Waals surface area (Å²) in [6.07, 6.45) is 0.866. The number of anilines is 1. The summed E-state index contributed by atoms with van der Waals surface area (Å²) in [5, 5.41) is 10.9. The Morgan fingerprint density at radius 3 is 2.32 bits per heavy atom. The maximum Gasteiger partial charge on any atom is 0.305 e. The van der Waals surface area contributed by atoms with E-state index in [2.05, 4.69) is 4.98 Å². The maximum absolute atomic E-state index is 13.7. The topological polar surface area (TPSA) is 90.5 Å². The lowest BCUT2D eigenvalue weighted by Gasteiger charge is -2.43. The number of H-pyrrole nitrogens is 1. The molecule has 2 aliphatic heterocycles. The van der Waals surface area contributed by atoms with Crippen LogP contribution in [0.5, 0.6) is 5.75 Å². The Labute approximate surface area is 204 Å². The molecule has 0 radical (unpaired) electrons. The lowest BCUT2D eigenvalue weighted by molar-refractivity contribution is -0.123. The summed E-state index contributed by atoms with van der Waals surface area (Å²) in [4.78, 5) is 45.0. The minimum absolute atomic E-state index is 0.0296. The molecule has 0 spiro atoms. The van der Waals surface area contributed by atoms with Crippen LogP contribution in [0.2, 0.25) is 0 Å². The molecule has 172 valence electrons. The third-order valence-corrected chi connectivity index (χ3v) is 10.9. The Kier molecular flexibility index (Phi) is 4.28. The molecule has 7 atom stereocenters. The average molecular weight is 491 g/mol. The van der Waals surface area contributed by atoms with E-state index >= 15 is 0 Å². The van der Waals surface area contributed by atoms with Crippen molar-refractivity contribution in [2.24, 2.45) is 29.6 Å². The summed E-state index contributed by atoms with van der Waals surface area (Å²) in [5.41, 5.74) is 2.78. The van der Waals surface area contributed by atoms with Crippen molar-refractivity contribution in [1.82, 2.24) is 4.98 Å². The van der Waals surface area contributed by atoms with E-state index in [9.17, 15) is 19.5 Å². The van der Waals surface area contributed by atoms with Gasteiger partial charge in [0.25, 0.3) is 0 Å². The molecule has 34 heavy (non-hydrogen) atoms. The van der Waals surface area contributed by atoms with Gasteiger partial charge in [0.05, 0.1) is 22.5 Å². The summed E-state index contributed by atoms with van der Waals surface area (Å²) in [5.74, 6) is -0.226. The Hall–Kier alpha value is -2.84. The van der Waals surface area contributed by atoms with Gasteiger partial charge < -0.3 is 10.1 Å². The number of rotatable bonds is 2. The Morgan fingerprint density at radius 1 is 0.941 bits per heavy atom. The fourth-order valence-corrected chi connectivity index (χ4v) is 9.91.